The van der Waals surface area contributed by atoms with Crippen LogP contribution in [0.5, 0.6) is 5.75 Å². The highest BCUT2D eigenvalue weighted by molar-refractivity contribution is 5.27. The fourth-order valence-electron chi connectivity index (χ4n) is 1.90. The van der Waals surface area contributed by atoms with Gasteiger partial charge in [0.05, 0.1) is 13.2 Å². The van der Waals surface area contributed by atoms with Crippen LogP contribution in [-0.2, 0) is 12.8 Å². The Labute approximate surface area is 107 Å². The first-order valence-electron chi connectivity index (χ1n) is 5.98. The molecule has 1 heterocycles. The van der Waals surface area contributed by atoms with Gasteiger partial charge in [0.15, 0.2) is 0 Å². The molecule has 0 aliphatic heterocycles. The monoisotopic (exact) mass is 243 g/mol. The van der Waals surface area contributed by atoms with Crippen molar-refractivity contribution < 1.29 is 9.84 Å². The number of nitrogens with zero attached hydrogens (tertiary/aromatic N) is 1. The van der Waals surface area contributed by atoms with Crippen LogP contribution in [0, 0.1) is 0 Å². The number of pyridine rings is 1. The standard InChI is InChI=1S/C15H17NO2/c1-18-15-6-4-12(5-7-15)9-14(17)10-13-3-2-8-16-11-13/h2-8,11,14,17H,9-10H2,1H3. The Morgan fingerprint density at radius 3 is 2.44 bits per heavy atom. The molecular weight excluding hydrogens is 226 g/mol. The van der Waals surface area contributed by atoms with Crippen LogP contribution in [0.3, 0.4) is 0 Å². The number of hydrogen-bond donors (Lipinski definition) is 1. The highest BCUT2D eigenvalue weighted by Gasteiger charge is 2.07. The molecule has 3 heteroatoms. The molecule has 1 aromatic heterocycles. The van der Waals surface area contributed by atoms with Gasteiger partial charge in [0.25, 0.3) is 0 Å². The first kappa shape index (κ1) is 12.6. The maximum absolute atomic E-state index is 10.0. The smallest absolute Gasteiger partial charge is 0.118 e. The lowest BCUT2D eigenvalue weighted by molar-refractivity contribution is 0.175. The van der Waals surface area contributed by atoms with Crippen molar-refractivity contribution in [3.05, 3.63) is 59.9 Å². The van der Waals surface area contributed by atoms with Gasteiger partial charge in [0.1, 0.15) is 5.75 Å². The SMILES string of the molecule is COc1ccc(CC(O)Cc2cccnc2)cc1. The summed E-state index contributed by atoms with van der Waals surface area (Å²) >= 11 is 0. The molecule has 0 radical (unpaired) electrons. The van der Waals surface area contributed by atoms with E-state index in [0.29, 0.717) is 12.8 Å². The van der Waals surface area contributed by atoms with E-state index in [2.05, 4.69) is 4.98 Å². The van der Waals surface area contributed by atoms with Gasteiger partial charge in [-0.2, -0.15) is 0 Å². The van der Waals surface area contributed by atoms with Gasteiger partial charge in [0, 0.05) is 18.8 Å². The van der Waals surface area contributed by atoms with Crippen LogP contribution in [-0.4, -0.2) is 23.3 Å². The minimum atomic E-state index is -0.386. The summed E-state index contributed by atoms with van der Waals surface area (Å²) in [6, 6.07) is 11.6. The lowest BCUT2D eigenvalue weighted by atomic mass is 10.0. The molecule has 0 aliphatic rings. The summed E-state index contributed by atoms with van der Waals surface area (Å²) in [5.41, 5.74) is 2.16. The van der Waals surface area contributed by atoms with E-state index in [1.54, 1.807) is 19.5 Å². The number of methoxy groups -OCH3 is 1. The molecule has 0 bridgehead atoms. The molecule has 0 spiro atoms. The average molecular weight is 243 g/mol. The number of aromatic nitrogens is 1. The summed E-state index contributed by atoms with van der Waals surface area (Å²) in [6.45, 7) is 0. The number of hydrogen-bond acceptors (Lipinski definition) is 3. The van der Waals surface area contributed by atoms with Crippen LogP contribution < -0.4 is 4.74 Å². The second-order valence-corrected chi connectivity index (χ2v) is 4.27. The van der Waals surface area contributed by atoms with Crippen molar-refractivity contribution in [3.8, 4) is 5.75 Å². The van der Waals surface area contributed by atoms with Crippen molar-refractivity contribution in [1.82, 2.24) is 4.98 Å². The van der Waals surface area contributed by atoms with Gasteiger partial charge in [-0.3, -0.25) is 4.98 Å². The van der Waals surface area contributed by atoms with Gasteiger partial charge in [-0.25, -0.2) is 0 Å². The molecule has 0 saturated heterocycles. The van der Waals surface area contributed by atoms with E-state index in [-0.39, 0.29) is 6.10 Å². The molecule has 0 saturated carbocycles. The number of aliphatic hydroxyl groups excluding tert-OH is 1. The van der Waals surface area contributed by atoms with E-state index in [0.717, 1.165) is 16.9 Å². The van der Waals surface area contributed by atoms with Crippen LogP contribution in [0.25, 0.3) is 0 Å². The van der Waals surface area contributed by atoms with E-state index >= 15 is 0 Å². The lowest BCUT2D eigenvalue weighted by Crippen LogP contribution is -2.13. The zero-order chi connectivity index (χ0) is 12.8. The molecule has 94 valence electrons. The third kappa shape index (κ3) is 3.57. The van der Waals surface area contributed by atoms with E-state index < -0.39 is 0 Å². The molecule has 0 aliphatic carbocycles. The van der Waals surface area contributed by atoms with Crippen molar-refractivity contribution >= 4 is 0 Å². The minimum Gasteiger partial charge on any atom is -0.497 e. The topological polar surface area (TPSA) is 42.4 Å². The Hall–Kier alpha value is -1.87. The average Bonchev–Trinajstić information content (AvgIpc) is 2.40. The van der Waals surface area contributed by atoms with E-state index in [4.69, 9.17) is 4.74 Å². The van der Waals surface area contributed by atoms with Gasteiger partial charge in [-0.1, -0.05) is 18.2 Å². The Morgan fingerprint density at radius 2 is 1.83 bits per heavy atom. The first-order valence-corrected chi connectivity index (χ1v) is 5.98. The summed E-state index contributed by atoms with van der Waals surface area (Å²) in [6.07, 6.45) is 4.40. The second kappa shape index (κ2) is 6.17. The molecule has 2 rings (SSSR count). The van der Waals surface area contributed by atoms with Gasteiger partial charge >= 0.3 is 0 Å². The maximum atomic E-state index is 10.0. The Bertz CT molecular complexity index is 468. The molecule has 1 N–H and O–H groups in total. The number of rotatable bonds is 5. The summed E-state index contributed by atoms with van der Waals surface area (Å²) in [5.74, 6) is 0.834. The predicted molar refractivity (Wildman–Crippen MR) is 70.6 cm³/mol. The molecule has 1 atom stereocenters. The predicted octanol–water partition coefficient (Wildman–Crippen LogP) is 2.24. The summed E-state index contributed by atoms with van der Waals surface area (Å²) in [4.78, 5) is 4.04. The van der Waals surface area contributed by atoms with E-state index in [1.807, 2.05) is 36.4 Å². The van der Waals surface area contributed by atoms with Gasteiger partial charge in [0.2, 0.25) is 0 Å². The van der Waals surface area contributed by atoms with E-state index in [9.17, 15) is 5.11 Å². The molecule has 1 unspecified atom stereocenters. The van der Waals surface area contributed by atoms with Crippen LogP contribution >= 0.6 is 0 Å². The summed E-state index contributed by atoms with van der Waals surface area (Å²) in [5, 5.41) is 10.0. The van der Waals surface area contributed by atoms with Gasteiger partial charge < -0.3 is 9.84 Å². The minimum absolute atomic E-state index is 0.386. The summed E-state index contributed by atoms with van der Waals surface area (Å²) < 4.78 is 5.10. The van der Waals surface area contributed by atoms with Crippen LogP contribution in [0.15, 0.2) is 48.8 Å². The molecule has 0 amide bonds. The Morgan fingerprint density at radius 1 is 1.11 bits per heavy atom. The highest BCUT2D eigenvalue weighted by Crippen LogP contribution is 2.14. The Kier molecular flexibility index (Phi) is 4.31. The van der Waals surface area contributed by atoms with Crippen molar-refractivity contribution in [2.24, 2.45) is 0 Å². The first-order chi connectivity index (χ1) is 8.78. The van der Waals surface area contributed by atoms with Crippen molar-refractivity contribution in [2.45, 2.75) is 18.9 Å². The fourth-order valence-corrected chi connectivity index (χ4v) is 1.90. The molecule has 2 aromatic rings. The number of benzene rings is 1. The molecule has 3 nitrogen and oxygen atoms in total. The zero-order valence-corrected chi connectivity index (χ0v) is 10.4. The number of ether oxygens (including phenoxy) is 1. The Balaban J connectivity index is 1.92. The van der Waals surface area contributed by atoms with Gasteiger partial charge in [-0.15, -0.1) is 0 Å². The third-order valence-electron chi connectivity index (χ3n) is 2.82. The molecule has 1 aromatic carbocycles. The molecule has 0 fully saturated rings. The van der Waals surface area contributed by atoms with Crippen LogP contribution in [0.2, 0.25) is 0 Å². The maximum Gasteiger partial charge on any atom is 0.118 e. The third-order valence-corrected chi connectivity index (χ3v) is 2.82. The second-order valence-electron chi connectivity index (χ2n) is 4.27. The van der Waals surface area contributed by atoms with Crippen LogP contribution in [0.4, 0.5) is 0 Å². The quantitative estimate of drug-likeness (QED) is 0.875. The number of aliphatic hydroxyl groups is 1. The molecular formula is C15H17NO2. The van der Waals surface area contributed by atoms with Crippen LogP contribution in [0.1, 0.15) is 11.1 Å². The zero-order valence-electron chi connectivity index (χ0n) is 10.4. The van der Waals surface area contributed by atoms with Crippen molar-refractivity contribution in [2.75, 3.05) is 7.11 Å². The van der Waals surface area contributed by atoms with Gasteiger partial charge in [-0.05, 0) is 35.7 Å². The largest absolute Gasteiger partial charge is 0.497 e. The fraction of sp³-hybridized carbons (Fsp3) is 0.267. The normalized spacial score (nSPS) is 12.1. The summed E-state index contributed by atoms with van der Waals surface area (Å²) in [7, 11) is 1.65. The lowest BCUT2D eigenvalue weighted by Gasteiger charge is -2.10. The highest BCUT2D eigenvalue weighted by atomic mass is 16.5. The van der Waals surface area contributed by atoms with Crippen molar-refractivity contribution in [3.63, 3.8) is 0 Å². The van der Waals surface area contributed by atoms with Crippen molar-refractivity contribution in [1.29, 1.82) is 0 Å². The van der Waals surface area contributed by atoms with E-state index in [1.165, 1.54) is 0 Å². The molecule has 18 heavy (non-hydrogen) atoms.